The number of nitrogens with one attached hydrogen (secondary N) is 1. The van der Waals surface area contributed by atoms with Gasteiger partial charge in [-0.1, -0.05) is 12.1 Å². The van der Waals surface area contributed by atoms with Gasteiger partial charge in [0.2, 0.25) is 21.8 Å². The minimum Gasteiger partial charge on any atom is -0.342 e. The lowest BCUT2D eigenvalue weighted by Crippen LogP contribution is -2.30. The van der Waals surface area contributed by atoms with Gasteiger partial charge in [-0.2, -0.15) is 0 Å². The second-order valence-corrected chi connectivity index (χ2v) is 8.24. The van der Waals surface area contributed by atoms with Gasteiger partial charge < -0.3 is 10.2 Å². The van der Waals surface area contributed by atoms with E-state index in [-0.39, 0.29) is 28.9 Å². The van der Waals surface area contributed by atoms with E-state index in [0.717, 1.165) is 5.56 Å². The Kier molecular flexibility index (Phi) is 5.76. The highest BCUT2D eigenvalue weighted by atomic mass is 32.2. The number of primary sulfonamides is 1. The van der Waals surface area contributed by atoms with Crippen molar-refractivity contribution >= 4 is 27.5 Å². The Morgan fingerprint density at radius 2 is 1.79 bits per heavy atom. The van der Waals surface area contributed by atoms with Gasteiger partial charge in [-0.15, -0.1) is 0 Å². The fraction of sp³-hybridized carbons (Fsp3) is 0.263. The van der Waals surface area contributed by atoms with Crippen molar-refractivity contribution in [1.29, 1.82) is 0 Å². The lowest BCUT2D eigenvalue weighted by Gasteiger charge is -2.16. The third-order valence-corrected chi connectivity index (χ3v) is 5.55. The number of halogens is 1. The van der Waals surface area contributed by atoms with E-state index >= 15 is 0 Å². The molecule has 1 heterocycles. The Hall–Kier alpha value is -2.78. The first kappa shape index (κ1) is 20.0. The third-order valence-electron chi connectivity index (χ3n) is 4.62. The van der Waals surface area contributed by atoms with Gasteiger partial charge in [0, 0.05) is 25.2 Å². The smallest absolute Gasteiger partial charge is 0.238 e. The van der Waals surface area contributed by atoms with Gasteiger partial charge in [0.05, 0.1) is 10.8 Å². The number of sulfonamides is 1. The maximum absolute atomic E-state index is 12.9. The maximum Gasteiger partial charge on any atom is 0.238 e. The summed E-state index contributed by atoms with van der Waals surface area (Å²) in [6, 6.07) is 11.6. The van der Waals surface area contributed by atoms with E-state index in [9.17, 15) is 22.4 Å². The highest BCUT2D eigenvalue weighted by molar-refractivity contribution is 7.89. The number of hydrogen-bond acceptors (Lipinski definition) is 4. The molecule has 1 atom stereocenters. The average molecular weight is 405 g/mol. The van der Waals surface area contributed by atoms with Crippen molar-refractivity contribution in [3.63, 3.8) is 0 Å². The van der Waals surface area contributed by atoms with E-state index in [1.807, 2.05) is 0 Å². The van der Waals surface area contributed by atoms with E-state index < -0.39 is 15.9 Å². The summed E-state index contributed by atoms with van der Waals surface area (Å²) in [6.45, 7) is 0.762. The maximum atomic E-state index is 12.9. The number of benzene rings is 2. The number of nitrogens with two attached hydrogens (primary N) is 1. The molecule has 0 aromatic heterocycles. The molecule has 2 aromatic carbocycles. The Morgan fingerprint density at radius 3 is 2.39 bits per heavy atom. The van der Waals surface area contributed by atoms with Crippen LogP contribution in [0.1, 0.15) is 12.0 Å². The van der Waals surface area contributed by atoms with Crippen molar-refractivity contribution in [3.05, 3.63) is 59.9 Å². The number of likely N-dealkylation sites (tertiary alicyclic amines) is 1. The molecule has 0 radical (unpaired) electrons. The quantitative estimate of drug-likeness (QED) is 0.759. The number of nitrogens with zero attached hydrogens (tertiary/aromatic N) is 1. The highest BCUT2D eigenvalue weighted by Gasteiger charge is 2.34. The summed E-state index contributed by atoms with van der Waals surface area (Å²) >= 11 is 0. The Morgan fingerprint density at radius 1 is 1.14 bits per heavy atom. The normalized spacial score (nSPS) is 17.0. The molecule has 1 aliphatic heterocycles. The number of carbonyl (C=O) groups is 2. The molecule has 28 heavy (non-hydrogen) atoms. The predicted molar refractivity (Wildman–Crippen MR) is 101 cm³/mol. The lowest BCUT2D eigenvalue weighted by atomic mass is 10.1. The average Bonchev–Trinajstić information content (AvgIpc) is 3.02. The van der Waals surface area contributed by atoms with Gasteiger partial charge in [-0.3, -0.25) is 9.59 Å². The van der Waals surface area contributed by atoms with Crippen molar-refractivity contribution in [2.45, 2.75) is 17.7 Å². The van der Waals surface area contributed by atoms with Crippen molar-refractivity contribution in [3.8, 4) is 0 Å². The zero-order valence-corrected chi connectivity index (χ0v) is 15.8. The molecule has 0 unspecified atom stereocenters. The Labute approximate surface area is 162 Å². The van der Waals surface area contributed by atoms with Crippen molar-refractivity contribution in [2.75, 3.05) is 18.4 Å². The topological polar surface area (TPSA) is 110 Å². The van der Waals surface area contributed by atoms with E-state index in [0.29, 0.717) is 25.2 Å². The molecule has 0 aliphatic carbocycles. The van der Waals surface area contributed by atoms with E-state index in [1.54, 1.807) is 17.0 Å². The molecule has 9 heteroatoms. The fourth-order valence-electron chi connectivity index (χ4n) is 3.05. The number of carbonyl (C=O) groups excluding carboxylic acids is 2. The van der Waals surface area contributed by atoms with Crippen LogP contribution in [0.25, 0.3) is 0 Å². The number of hydrogen-bond donors (Lipinski definition) is 2. The summed E-state index contributed by atoms with van der Waals surface area (Å²) in [6.07, 6.45) is 0.694. The molecule has 2 aromatic rings. The molecule has 1 saturated heterocycles. The van der Waals surface area contributed by atoms with Crippen LogP contribution < -0.4 is 10.5 Å². The SMILES string of the molecule is NS(=O)(=O)c1ccc(NC(=O)[C@H]2CC(=O)N(CCc3ccc(F)cc3)C2)cc1. The molecular weight excluding hydrogens is 385 g/mol. The molecule has 7 nitrogen and oxygen atoms in total. The van der Waals surface area contributed by atoms with Crippen LogP contribution in [-0.2, 0) is 26.0 Å². The zero-order valence-electron chi connectivity index (χ0n) is 15.0. The van der Waals surface area contributed by atoms with Crippen LogP contribution in [0.15, 0.2) is 53.4 Å². The molecule has 3 N–H and O–H groups in total. The van der Waals surface area contributed by atoms with E-state index in [1.165, 1.54) is 36.4 Å². The summed E-state index contributed by atoms with van der Waals surface area (Å²) < 4.78 is 35.5. The Bertz CT molecular complexity index is 975. The minimum atomic E-state index is -3.79. The summed E-state index contributed by atoms with van der Waals surface area (Å²) in [5, 5.41) is 7.73. The number of amides is 2. The Balaban J connectivity index is 1.55. The molecule has 0 saturated carbocycles. The number of anilines is 1. The van der Waals surface area contributed by atoms with Crippen molar-refractivity contribution < 1.29 is 22.4 Å². The molecule has 3 rings (SSSR count). The third kappa shape index (κ3) is 4.93. The van der Waals surface area contributed by atoms with Crippen LogP contribution in [0.3, 0.4) is 0 Å². The second-order valence-electron chi connectivity index (χ2n) is 6.68. The molecule has 0 bridgehead atoms. The summed E-state index contributed by atoms with van der Waals surface area (Å²) in [7, 11) is -3.79. The van der Waals surface area contributed by atoms with Crippen LogP contribution in [0, 0.1) is 11.7 Å². The molecule has 148 valence electrons. The van der Waals surface area contributed by atoms with Gasteiger partial charge in [0.25, 0.3) is 0 Å². The monoisotopic (exact) mass is 405 g/mol. The van der Waals surface area contributed by atoms with Crippen LogP contribution >= 0.6 is 0 Å². The molecule has 1 aliphatic rings. The summed E-state index contributed by atoms with van der Waals surface area (Å²) in [5.74, 6) is -1.21. The van der Waals surface area contributed by atoms with Gasteiger partial charge in [-0.25, -0.2) is 17.9 Å². The first-order valence-corrected chi connectivity index (χ1v) is 10.2. The van der Waals surface area contributed by atoms with E-state index in [2.05, 4.69) is 5.32 Å². The van der Waals surface area contributed by atoms with Crippen LogP contribution in [0.4, 0.5) is 10.1 Å². The van der Waals surface area contributed by atoms with Crippen LogP contribution in [0.5, 0.6) is 0 Å². The molecule has 2 amide bonds. The predicted octanol–water partition coefficient (Wildman–Crippen LogP) is 1.50. The van der Waals surface area contributed by atoms with Gasteiger partial charge in [0.15, 0.2) is 0 Å². The van der Waals surface area contributed by atoms with Gasteiger partial charge in [0.1, 0.15) is 5.82 Å². The minimum absolute atomic E-state index is 0.0477. The lowest BCUT2D eigenvalue weighted by molar-refractivity contribution is -0.128. The van der Waals surface area contributed by atoms with Gasteiger partial charge in [-0.05, 0) is 48.4 Å². The van der Waals surface area contributed by atoms with Crippen LogP contribution in [0.2, 0.25) is 0 Å². The highest BCUT2D eigenvalue weighted by Crippen LogP contribution is 2.21. The largest absolute Gasteiger partial charge is 0.342 e. The summed E-state index contributed by atoms with van der Waals surface area (Å²) in [5.41, 5.74) is 1.34. The van der Waals surface area contributed by atoms with E-state index in [4.69, 9.17) is 5.14 Å². The van der Waals surface area contributed by atoms with Crippen molar-refractivity contribution in [2.24, 2.45) is 11.1 Å². The van der Waals surface area contributed by atoms with Crippen molar-refractivity contribution in [1.82, 2.24) is 4.90 Å². The number of rotatable bonds is 6. The van der Waals surface area contributed by atoms with Crippen LogP contribution in [-0.4, -0.2) is 38.2 Å². The molecular formula is C19H20FN3O4S. The molecule has 1 fully saturated rings. The first-order chi connectivity index (χ1) is 13.2. The fourth-order valence-corrected chi connectivity index (χ4v) is 3.57. The van der Waals surface area contributed by atoms with Gasteiger partial charge >= 0.3 is 0 Å². The first-order valence-electron chi connectivity index (χ1n) is 8.68. The summed E-state index contributed by atoms with van der Waals surface area (Å²) in [4.78, 5) is 26.2. The second kappa shape index (κ2) is 8.07. The zero-order chi connectivity index (χ0) is 20.3. The molecule has 0 spiro atoms. The standard InChI is InChI=1S/C19H20FN3O4S/c20-15-3-1-13(2-4-15)9-10-23-12-14(11-18(23)24)19(25)22-16-5-7-17(8-6-16)28(21,26)27/h1-8,14H,9-12H2,(H,22,25)(H2,21,26,27)/t14-/m0/s1.